The summed E-state index contributed by atoms with van der Waals surface area (Å²) in [5.74, 6) is 0. The van der Waals surface area contributed by atoms with E-state index in [0.717, 1.165) is 13.1 Å². The first kappa shape index (κ1) is 17.0. The molecule has 4 nitrogen and oxygen atoms in total. The third-order valence-corrected chi connectivity index (χ3v) is 3.25. The first-order chi connectivity index (χ1) is 9.58. The summed E-state index contributed by atoms with van der Waals surface area (Å²) in [5.41, 5.74) is 3.69. The Morgan fingerprint density at radius 2 is 2.05 bits per heavy atom. The summed E-state index contributed by atoms with van der Waals surface area (Å²) in [6.45, 7) is 9.54. The van der Waals surface area contributed by atoms with Crippen molar-refractivity contribution in [3.8, 4) is 0 Å². The predicted octanol–water partition coefficient (Wildman–Crippen LogP) is 1.94. The van der Waals surface area contributed by atoms with E-state index >= 15 is 0 Å². The van der Waals surface area contributed by atoms with E-state index in [9.17, 15) is 5.11 Å². The molecule has 0 bridgehead atoms. The molecule has 0 spiro atoms. The Kier molecular flexibility index (Phi) is 7.59. The van der Waals surface area contributed by atoms with Gasteiger partial charge in [0, 0.05) is 38.5 Å². The molecule has 0 saturated carbocycles. The minimum absolute atomic E-state index is 0.153. The second-order valence-electron chi connectivity index (χ2n) is 5.36. The molecule has 0 amide bonds. The molecule has 20 heavy (non-hydrogen) atoms. The molecule has 0 radical (unpaired) electrons. The molecule has 0 fully saturated rings. The lowest BCUT2D eigenvalue weighted by Gasteiger charge is -2.26. The molecule has 4 heteroatoms. The maximum atomic E-state index is 9.20. The summed E-state index contributed by atoms with van der Waals surface area (Å²) >= 11 is 0. The van der Waals surface area contributed by atoms with Crippen molar-refractivity contribution in [2.45, 2.75) is 33.4 Å². The molecule has 0 atom stereocenters. The van der Waals surface area contributed by atoms with Gasteiger partial charge in [-0.15, -0.1) is 0 Å². The standard InChI is InChI=1S/C16H28N2O2/c1-13(2)17-12-15-5-6-16(14(3)11-15)18(7-9-19)8-10-20-4/h5-6,11,13,17,19H,7-10,12H2,1-4H3. The molecule has 0 heterocycles. The molecule has 0 saturated heterocycles. The van der Waals surface area contributed by atoms with Gasteiger partial charge in [-0.25, -0.2) is 0 Å². The maximum absolute atomic E-state index is 9.20. The summed E-state index contributed by atoms with van der Waals surface area (Å²) in [4.78, 5) is 2.17. The molecule has 0 aliphatic carbocycles. The highest BCUT2D eigenvalue weighted by Crippen LogP contribution is 2.21. The normalized spacial score (nSPS) is 11.1. The van der Waals surface area contributed by atoms with Crippen LogP contribution in [0.5, 0.6) is 0 Å². The molecule has 0 unspecified atom stereocenters. The molecule has 0 aliphatic rings. The van der Waals surface area contributed by atoms with E-state index in [4.69, 9.17) is 4.74 Å². The van der Waals surface area contributed by atoms with Crippen molar-refractivity contribution in [3.63, 3.8) is 0 Å². The number of aryl methyl sites for hydroxylation is 1. The molecular formula is C16H28N2O2. The number of hydrogen-bond acceptors (Lipinski definition) is 4. The smallest absolute Gasteiger partial charge is 0.0637 e. The van der Waals surface area contributed by atoms with Crippen molar-refractivity contribution >= 4 is 5.69 Å². The van der Waals surface area contributed by atoms with Crippen LogP contribution in [0.15, 0.2) is 18.2 Å². The van der Waals surface area contributed by atoms with Crippen LogP contribution in [0, 0.1) is 6.92 Å². The lowest BCUT2D eigenvalue weighted by Crippen LogP contribution is -2.30. The van der Waals surface area contributed by atoms with Gasteiger partial charge in [-0.1, -0.05) is 26.0 Å². The number of nitrogens with one attached hydrogen (secondary N) is 1. The topological polar surface area (TPSA) is 44.7 Å². The second kappa shape index (κ2) is 8.95. The largest absolute Gasteiger partial charge is 0.395 e. The molecule has 114 valence electrons. The number of aliphatic hydroxyl groups is 1. The number of methoxy groups -OCH3 is 1. The van der Waals surface area contributed by atoms with Crippen LogP contribution in [0.4, 0.5) is 5.69 Å². The summed E-state index contributed by atoms with van der Waals surface area (Å²) in [7, 11) is 1.70. The summed E-state index contributed by atoms with van der Waals surface area (Å²) in [6, 6.07) is 6.98. The fourth-order valence-corrected chi connectivity index (χ4v) is 2.18. The van der Waals surface area contributed by atoms with Crippen molar-refractivity contribution in [2.24, 2.45) is 0 Å². The van der Waals surface area contributed by atoms with Crippen molar-refractivity contribution < 1.29 is 9.84 Å². The van der Waals surface area contributed by atoms with Gasteiger partial charge in [0.25, 0.3) is 0 Å². The lowest BCUT2D eigenvalue weighted by molar-refractivity contribution is 0.203. The average Bonchev–Trinajstić information content (AvgIpc) is 2.41. The minimum atomic E-state index is 0.153. The van der Waals surface area contributed by atoms with Crippen LogP contribution in [0.2, 0.25) is 0 Å². The Bertz CT molecular complexity index is 394. The van der Waals surface area contributed by atoms with Crippen LogP contribution in [-0.2, 0) is 11.3 Å². The van der Waals surface area contributed by atoms with Gasteiger partial charge in [-0.3, -0.25) is 0 Å². The third-order valence-electron chi connectivity index (χ3n) is 3.25. The van der Waals surface area contributed by atoms with Crippen LogP contribution in [0.3, 0.4) is 0 Å². The molecule has 0 aromatic heterocycles. The Balaban J connectivity index is 2.77. The van der Waals surface area contributed by atoms with Gasteiger partial charge < -0.3 is 20.1 Å². The number of benzene rings is 1. The van der Waals surface area contributed by atoms with Gasteiger partial charge in [0.15, 0.2) is 0 Å². The van der Waals surface area contributed by atoms with Gasteiger partial charge >= 0.3 is 0 Å². The Morgan fingerprint density at radius 3 is 2.60 bits per heavy atom. The average molecular weight is 280 g/mol. The van der Waals surface area contributed by atoms with Crippen LogP contribution in [-0.4, -0.2) is 44.6 Å². The van der Waals surface area contributed by atoms with E-state index in [0.29, 0.717) is 19.2 Å². The second-order valence-corrected chi connectivity index (χ2v) is 5.36. The number of ether oxygens (including phenoxy) is 1. The predicted molar refractivity (Wildman–Crippen MR) is 84.3 cm³/mol. The SMILES string of the molecule is COCCN(CCO)c1ccc(CNC(C)C)cc1C. The van der Waals surface area contributed by atoms with E-state index in [-0.39, 0.29) is 6.61 Å². The quantitative estimate of drug-likeness (QED) is 0.725. The van der Waals surface area contributed by atoms with E-state index in [1.165, 1.54) is 16.8 Å². The van der Waals surface area contributed by atoms with Gasteiger partial charge in [-0.05, 0) is 24.1 Å². The van der Waals surface area contributed by atoms with Crippen LogP contribution in [0.25, 0.3) is 0 Å². The highest BCUT2D eigenvalue weighted by atomic mass is 16.5. The summed E-state index contributed by atoms with van der Waals surface area (Å²) < 4.78 is 5.14. The molecule has 1 aromatic rings. The van der Waals surface area contributed by atoms with Gasteiger partial charge in [0.05, 0.1) is 13.2 Å². The molecule has 0 aliphatic heterocycles. The zero-order chi connectivity index (χ0) is 15.0. The highest BCUT2D eigenvalue weighted by Gasteiger charge is 2.09. The third kappa shape index (κ3) is 5.49. The van der Waals surface area contributed by atoms with Crippen LogP contribution >= 0.6 is 0 Å². The zero-order valence-corrected chi connectivity index (χ0v) is 13.1. The monoisotopic (exact) mass is 280 g/mol. The summed E-state index contributed by atoms with van der Waals surface area (Å²) in [6.07, 6.45) is 0. The Hall–Kier alpha value is -1.10. The number of anilines is 1. The number of hydrogen-bond donors (Lipinski definition) is 2. The first-order valence-electron chi connectivity index (χ1n) is 7.26. The van der Waals surface area contributed by atoms with Gasteiger partial charge in [0.1, 0.15) is 0 Å². The summed E-state index contributed by atoms with van der Waals surface area (Å²) in [5, 5.41) is 12.6. The fourth-order valence-electron chi connectivity index (χ4n) is 2.18. The Labute approximate surface area is 122 Å². The number of nitrogens with zero attached hydrogens (tertiary/aromatic N) is 1. The number of rotatable bonds is 9. The van der Waals surface area contributed by atoms with Crippen molar-refractivity contribution in [1.82, 2.24) is 5.32 Å². The lowest BCUT2D eigenvalue weighted by atomic mass is 10.1. The van der Waals surface area contributed by atoms with E-state index < -0.39 is 0 Å². The van der Waals surface area contributed by atoms with Crippen molar-refractivity contribution in [1.29, 1.82) is 0 Å². The minimum Gasteiger partial charge on any atom is -0.395 e. The van der Waals surface area contributed by atoms with Gasteiger partial charge in [-0.2, -0.15) is 0 Å². The van der Waals surface area contributed by atoms with Crippen molar-refractivity contribution in [2.75, 3.05) is 38.3 Å². The number of aliphatic hydroxyl groups excluding tert-OH is 1. The fraction of sp³-hybridized carbons (Fsp3) is 0.625. The van der Waals surface area contributed by atoms with E-state index in [1.54, 1.807) is 7.11 Å². The van der Waals surface area contributed by atoms with Crippen LogP contribution in [0.1, 0.15) is 25.0 Å². The molecule has 1 aromatic carbocycles. The van der Waals surface area contributed by atoms with E-state index in [2.05, 4.69) is 49.2 Å². The maximum Gasteiger partial charge on any atom is 0.0637 e. The molecular weight excluding hydrogens is 252 g/mol. The van der Waals surface area contributed by atoms with Gasteiger partial charge in [0.2, 0.25) is 0 Å². The molecule has 1 rings (SSSR count). The van der Waals surface area contributed by atoms with Crippen molar-refractivity contribution in [3.05, 3.63) is 29.3 Å². The van der Waals surface area contributed by atoms with Crippen LogP contribution < -0.4 is 10.2 Å². The van der Waals surface area contributed by atoms with E-state index in [1.807, 2.05) is 0 Å². The highest BCUT2D eigenvalue weighted by molar-refractivity contribution is 5.54. The Morgan fingerprint density at radius 1 is 1.30 bits per heavy atom. The zero-order valence-electron chi connectivity index (χ0n) is 13.1. The molecule has 2 N–H and O–H groups in total. The first-order valence-corrected chi connectivity index (χ1v) is 7.26.